The van der Waals surface area contributed by atoms with Gasteiger partial charge >= 0.3 is 5.97 Å². The highest BCUT2D eigenvalue weighted by atomic mass is 16.4. The summed E-state index contributed by atoms with van der Waals surface area (Å²) in [5.41, 5.74) is 0. The second-order valence-electron chi connectivity index (χ2n) is 7.33. The van der Waals surface area contributed by atoms with Crippen LogP contribution in [0.4, 0.5) is 0 Å². The van der Waals surface area contributed by atoms with Crippen molar-refractivity contribution in [2.24, 2.45) is 35.5 Å². The van der Waals surface area contributed by atoms with Crippen molar-refractivity contribution in [3.8, 4) is 0 Å². The maximum Gasteiger partial charge on any atom is 0.305 e. The Labute approximate surface area is 138 Å². The van der Waals surface area contributed by atoms with E-state index in [4.69, 9.17) is 4.42 Å². The highest BCUT2D eigenvalue weighted by Crippen LogP contribution is 2.65. The molecule has 6 rings (SSSR count). The molecule has 1 saturated heterocycles. The third kappa shape index (κ3) is 1.68. The lowest BCUT2D eigenvalue weighted by Crippen LogP contribution is -2.40. The van der Waals surface area contributed by atoms with Crippen molar-refractivity contribution in [3.63, 3.8) is 0 Å². The van der Waals surface area contributed by atoms with Gasteiger partial charge in [0.05, 0.1) is 24.5 Å². The van der Waals surface area contributed by atoms with E-state index in [2.05, 4.69) is 12.2 Å². The van der Waals surface area contributed by atoms with Crippen LogP contribution < -0.4 is 0 Å². The normalized spacial score (nSPS) is 39.8. The van der Waals surface area contributed by atoms with Gasteiger partial charge in [0.1, 0.15) is 11.8 Å². The van der Waals surface area contributed by atoms with E-state index in [0.717, 1.165) is 6.42 Å². The lowest BCUT2D eigenvalue weighted by molar-refractivity contribution is -0.146. The molecule has 0 unspecified atom stereocenters. The molecule has 4 aliphatic carbocycles. The molecular formula is C18H17NO5. The van der Waals surface area contributed by atoms with E-state index in [-0.39, 0.29) is 41.9 Å². The van der Waals surface area contributed by atoms with Crippen LogP contribution in [0.5, 0.6) is 0 Å². The van der Waals surface area contributed by atoms with Gasteiger partial charge in [-0.1, -0.05) is 12.2 Å². The number of carbonyl (C=O) groups is 3. The average Bonchev–Trinajstić information content (AvgIpc) is 3.13. The fourth-order valence-electron chi connectivity index (χ4n) is 5.25. The van der Waals surface area contributed by atoms with Crippen LogP contribution in [-0.2, 0) is 14.4 Å². The molecule has 24 heavy (non-hydrogen) atoms. The predicted octanol–water partition coefficient (Wildman–Crippen LogP) is 1.85. The van der Waals surface area contributed by atoms with Crippen molar-refractivity contribution in [2.45, 2.75) is 18.9 Å². The largest absolute Gasteiger partial charge is 0.481 e. The van der Waals surface area contributed by atoms with Crippen molar-refractivity contribution >= 4 is 17.8 Å². The van der Waals surface area contributed by atoms with Crippen LogP contribution in [0, 0.1) is 35.5 Å². The molecule has 2 bridgehead atoms. The molecule has 3 fully saturated rings. The number of allylic oxidation sites excluding steroid dienone is 2. The van der Waals surface area contributed by atoms with E-state index in [1.807, 2.05) is 0 Å². The van der Waals surface area contributed by atoms with Crippen LogP contribution in [0.25, 0.3) is 0 Å². The smallest absolute Gasteiger partial charge is 0.305 e. The molecule has 1 aliphatic heterocycles. The quantitative estimate of drug-likeness (QED) is 0.673. The molecule has 1 aromatic heterocycles. The molecule has 124 valence electrons. The summed E-state index contributed by atoms with van der Waals surface area (Å²) < 4.78 is 5.33. The van der Waals surface area contributed by atoms with E-state index < -0.39 is 12.0 Å². The van der Waals surface area contributed by atoms with Crippen LogP contribution in [0.3, 0.4) is 0 Å². The number of rotatable bonds is 4. The minimum atomic E-state index is -1.06. The maximum atomic E-state index is 13.1. The average molecular weight is 327 g/mol. The predicted molar refractivity (Wildman–Crippen MR) is 80.3 cm³/mol. The zero-order chi connectivity index (χ0) is 16.6. The van der Waals surface area contributed by atoms with E-state index in [0.29, 0.717) is 17.6 Å². The molecule has 5 aliphatic rings. The lowest BCUT2D eigenvalue weighted by Gasteiger charge is -2.37. The molecule has 2 saturated carbocycles. The summed E-state index contributed by atoms with van der Waals surface area (Å²) in [7, 11) is 0. The summed E-state index contributed by atoms with van der Waals surface area (Å²) in [5.74, 6) is -0.472. The van der Waals surface area contributed by atoms with Gasteiger partial charge in [-0.15, -0.1) is 0 Å². The third-order valence-electron chi connectivity index (χ3n) is 6.25. The van der Waals surface area contributed by atoms with Crippen molar-refractivity contribution < 1.29 is 23.9 Å². The van der Waals surface area contributed by atoms with Gasteiger partial charge in [-0.2, -0.15) is 0 Å². The van der Waals surface area contributed by atoms with Crippen LogP contribution in [0.15, 0.2) is 35.0 Å². The van der Waals surface area contributed by atoms with Crippen LogP contribution in [0.1, 0.15) is 24.6 Å². The Bertz CT molecular complexity index is 730. The van der Waals surface area contributed by atoms with E-state index >= 15 is 0 Å². The fourth-order valence-corrected chi connectivity index (χ4v) is 5.25. The minimum absolute atomic E-state index is 0.133. The van der Waals surface area contributed by atoms with Gasteiger partial charge in [-0.25, -0.2) is 0 Å². The summed E-state index contributed by atoms with van der Waals surface area (Å²) in [6, 6.07) is 2.40. The standard InChI is InChI=1S/C18H17NO5/c20-14(21)7-12(13-2-1-5-24-13)19-17(22)15-8-3-4-9(11-6-10(8)11)16(15)18(19)23/h1-5,8-12,15-16H,6-7H2,(H,20,21)/t8-,9-,10-,11+,12+,15-,16+/m0/s1. The van der Waals surface area contributed by atoms with Gasteiger partial charge in [0.15, 0.2) is 0 Å². The molecule has 1 N–H and O–H groups in total. The van der Waals surface area contributed by atoms with Crippen LogP contribution >= 0.6 is 0 Å². The van der Waals surface area contributed by atoms with E-state index in [1.54, 1.807) is 12.1 Å². The Hall–Kier alpha value is -2.37. The van der Waals surface area contributed by atoms with Crippen molar-refractivity contribution in [1.29, 1.82) is 0 Å². The number of carboxylic acids is 1. The molecule has 7 atom stereocenters. The Kier molecular flexibility index (Phi) is 2.68. The second-order valence-corrected chi connectivity index (χ2v) is 7.33. The lowest BCUT2D eigenvalue weighted by atomic mass is 9.63. The summed E-state index contributed by atoms with van der Waals surface area (Å²) >= 11 is 0. The second kappa shape index (κ2) is 4.59. The van der Waals surface area contributed by atoms with Gasteiger partial charge in [0.25, 0.3) is 0 Å². The Morgan fingerprint density at radius 1 is 1.21 bits per heavy atom. The van der Waals surface area contributed by atoms with Gasteiger partial charge in [0, 0.05) is 0 Å². The highest BCUT2D eigenvalue weighted by Gasteiger charge is 2.67. The van der Waals surface area contributed by atoms with Crippen molar-refractivity contribution in [3.05, 3.63) is 36.3 Å². The Morgan fingerprint density at radius 2 is 1.83 bits per heavy atom. The monoisotopic (exact) mass is 327 g/mol. The molecule has 0 aromatic carbocycles. The summed E-state index contributed by atoms with van der Waals surface area (Å²) in [6.07, 6.45) is 6.41. The number of furan rings is 1. The molecule has 2 heterocycles. The number of amides is 2. The number of aliphatic carboxylic acids is 1. The first-order valence-corrected chi connectivity index (χ1v) is 8.38. The number of nitrogens with zero attached hydrogens (tertiary/aromatic N) is 1. The molecule has 2 amide bonds. The molecule has 1 aromatic rings. The van der Waals surface area contributed by atoms with Gasteiger partial charge in [-0.3, -0.25) is 19.3 Å². The molecule has 6 nitrogen and oxygen atoms in total. The topological polar surface area (TPSA) is 87.8 Å². The first-order chi connectivity index (χ1) is 11.6. The first kappa shape index (κ1) is 14.0. The zero-order valence-corrected chi connectivity index (χ0v) is 12.9. The first-order valence-electron chi connectivity index (χ1n) is 8.38. The van der Waals surface area contributed by atoms with Crippen LogP contribution in [-0.4, -0.2) is 27.8 Å². The Balaban J connectivity index is 1.54. The number of likely N-dealkylation sites (tertiary alicyclic amines) is 1. The Morgan fingerprint density at radius 3 is 2.33 bits per heavy atom. The van der Waals surface area contributed by atoms with E-state index in [9.17, 15) is 19.5 Å². The van der Waals surface area contributed by atoms with Crippen molar-refractivity contribution in [1.82, 2.24) is 4.90 Å². The fraction of sp³-hybridized carbons (Fsp3) is 0.500. The van der Waals surface area contributed by atoms with Gasteiger partial charge < -0.3 is 9.52 Å². The number of imide groups is 1. The SMILES string of the molecule is O=C(O)C[C@H](c1ccco1)N1C(=O)[C@@H]2[C@H]3C=C[C@@H]([C@@H]4C[C@H]34)[C@@H]2C1=O. The molecule has 0 radical (unpaired) electrons. The maximum absolute atomic E-state index is 13.1. The molecule has 6 heteroatoms. The summed E-state index contributed by atoms with van der Waals surface area (Å²) in [6.45, 7) is 0. The van der Waals surface area contributed by atoms with Gasteiger partial charge in [0.2, 0.25) is 11.8 Å². The van der Waals surface area contributed by atoms with E-state index in [1.165, 1.54) is 11.2 Å². The molecular weight excluding hydrogens is 310 g/mol. The van der Waals surface area contributed by atoms with Crippen molar-refractivity contribution in [2.75, 3.05) is 0 Å². The number of carboxylic acid groups (broad SMARTS) is 1. The summed E-state index contributed by atoms with van der Waals surface area (Å²) in [5, 5.41) is 9.24. The number of hydrogen-bond donors (Lipinski definition) is 1. The third-order valence-corrected chi connectivity index (χ3v) is 6.25. The number of carbonyl (C=O) groups excluding carboxylic acids is 2. The summed E-state index contributed by atoms with van der Waals surface area (Å²) in [4.78, 5) is 38.6. The molecule has 0 spiro atoms. The number of hydrogen-bond acceptors (Lipinski definition) is 4. The minimum Gasteiger partial charge on any atom is -0.481 e. The van der Waals surface area contributed by atoms with Crippen LogP contribution in [0.2, 0.25) is 0 Å². The highest BCUT2D eigenvalue weighted by molar-refractivity contribution is 6.06. The zero-order valence-electron chi connectivity index (χ0n) is 12.9. The van der Waals surface area contributed by atoms with Gasteiger partial charge in [-0.05, 0) is 42.2 Å².